The van der Waals surface area contributed by atoms with Crippen LogP contribution in [0.5, 0.6) is 0 Å². The smallest absolute Gasteiger partial charge is 0.282 e. The first-order valence-electron chi connectivity index (χ1n) is 6.53. The topological polar surface area (TPSA) is 86.4 Å². The number of nitrogens with one attached hydrogen (secondary N) is 3. The number of para-hydroxylation sites is 1. The summed E-state index contributed by atoms with van der Waals surface area (Å²) in [6.07, 6.45) is 0. The molecule has 2 amide bonds. The van der Waals surface area contributed by atoms with Crippen LogP contribution in [0.1, 0.15) is 12.5 Å². The Hall–Kier alpha value is -2.39. The number of nitriles is 1. The molecule has 1 aromatic rings. The van der Waals surface area contributed by atoms with E-state index in [4.69, 9.17) is 5.26 Å². The van der Waals surface area contributed by atoms with E-state index in [1.54, 1.807) is 31.2 Å². The molecular weight excluding hydrogens is 256 g/mol. The molecular formula is C14H17N4O2+. The Morgan fingerprint density at radius 1 is 1.50 bits per heavy atom. The second-order valence-corrected chi connectivity index (χ2v) is 4.80. The monoisotopic (exact) mass is 273 g/mol. The predicted molar refractivity (Wildman–Crippen MR) is 73.0 cm³/mol. The average Bonchev–Trinajstić information content (AvgIpc) is 2.47. The Balaban J connectivity index is 2.04. The second kappa shape index (κ2) is 6.17. The van der Waals surface area contributed by atoms with E-state index in [9.17, 15) is 9.59 Å². The van der Waals surface area contributed by atoms with Crippen molar-refractivity contribution >= 4 is 17.5 Å². The van der Waals surface area contributed by atoms with Gasteiger partial charge in [-0.3, -0.25) is 9.59 Å². The van der Waals surface area contributed by atoms with Crippen LogP contribution in [0.15, 0.2) is 24.3 Å². The third-order valence-electron chi connectivity index (χ3n) is 3.47. The minimum atomic E-state index is -0.340. The molecule has 2 atom stereocenters. The number of hydrogen-bond acceptors (Lipinski definition) is 3. The van der Waals surface area contributed by atoms with E-state index in [2.05, 4.69) is 10.6 Å². The van der Waals surface area contributed by atoms with Gasteiger partial charge < -0.3 is 15.5 Å². The largest absolute Gasteiger partial charge is 0.346 e. The minimum Gasteiger partial charge on any atom is -0.346 e. The van der Waals surface area contributed by atoms with Crippen LogP contribution < -0.4 is 15.5 Å². The Morgan fingerprint density at radius 3 is 2.95 bits per heavy atom. The highest BCUT2D eigenvalue weighted by Gasteiger charge is 2.29. The van der Waals surface area contributed by atoms with Crippen molar-refractivity contribution in [2.75, 3.05) is 25.0 Å². The quantitative estimate of drug-likeness (QED) is 0.653. The Labute approximate surface area is 117 Å². The van der Waals surface area contributed by atoms with Crippen LogP contribution in [-0.4, -0.2) is 37.5 Å². The molecule has 1 aliphatic heterocycles. The second-order valence-electron chi connectivity index (χ2n) is 4.80. The van der Waals surface area contributed by atoms with Gasteiger partial charge in [-0.25, -0.2) is 0 Å². The van der Waals surface area contributed by atoms with Gasteiger partial charge in [-0.05, 0) is 19.1 Å². The minimum absolute atomic E-state index is 0.0386. The maximum Gasteiger partial charge on any atom is 0.282 e. The van der Waals surface area contributed by atoms with E-state index in [0.29, 0.717) is 24.3 Å². The average molecular weight is 273 g/mol. The number of piperazine rings is 1. The van der Waals surface area contributed by atoms with Crippen molar-refractivity contribution in [1.82, 2.24) is 5.32 Å². The van der Waals surface area contributed by atoms with Gasteiger partial charge in [-0.15, -0.1) is 0 Å². The molecule has 1 aliphatic rings. The summed E-state index contributed by atoms with van der Waals surface area (Å²) in [7, 11) is 0. The van der Waals surface area contributed by atoms with E-state index in [1.807, 2.05) is 6.07 Å². The highest BCUT2D eigenvalue weighted by molar-refractivity contribution is 5.95. The molecule has 0 radical (unpaired) electrons. The molecule has 0 aromatic heterocycles. The Bertz CT molecular complexity index is 565. The van der Waals surface area contributed by atoms with Crippen molar-refractivity contribution in [3.63, 3.8) is 0 Å². The van der Waals surface area contributed by atoms with Crippen molar-refractivity contribution in [3.05, 3.63) is 29.8 Å². The maximum atomic E-state index is 12.2. The lowest BCUT2D eigenvalue weighted by Gasteiger charge is -2.28. The Morgan fingerprint density at radius 2 is 2.25 bits per heavy atom. The number of anilines is 1. The summed E-state index contributed by atoms with van der Waals surface area (Å²) in [6, 6.07) is 8.56. The zero-order valence-corrected chi connectivity index (χ0v) is 11.3. The van der Waals surface area contributed by atoms with Crippen molar-refractivity contribution in [1.29, 1.82) is 5.26 Å². The lowest BCUT2D eigenvalue weighted by molar-refractivity contribution is -0.907. The highest BCUT2D eigenvalue weighted by atomic mass is 16.2. The lowest BCUT2D eigenvalue weighted by Crippen LogP contribution is -3.19. The molecule has 6 heteroatoms. The number of nitrogens with zero attached hydrogens (tertiary/aromatic N) is 1. The maximum absolute atomic E-state index is 12.2. The number of benzene rings is 1. The summed E-state index contributed by atoms with van der Waals surface area (Å²) >= 11 is 0. The summed E-state index contributed by atoms with van der Waals surface area (Å²) in [5, 5.41) is 14.5. The number of quaternary nitrogens is 1. The van der Waals surface area contributed by atoms with E-state index in [-0.39, 0.29) is 17.9 Å². The van der Waals surface area contributed by atoms with Gasteiger partial charge >= 0.3 is 0 Å². The lowest BCUT2D eigenvalue weighted by atomic mass is 10.1. The molecule has 104 valence electrons. The molecule has 1 heterocycles. The normalized spacial score (nSPS) is 19.6. The fourth-order valence-corrected chi connectivity index (χ4v) is 2.21. The molecule has 1 unspecified atom stereocenters. The van der Waals surface area contributed by atoms with Crippen LogP contribution in [0.2, 0.25) is 0 Å². The molecule has 1 saturated heterocycles. The molecule has 0 bridgehead atoms. The molecule has 3 N–H and O–H groups in total. The fraction of sp³-hybridized carbons (Fsp3) is 0.357. The SMILES string of the molecule is C[C@H](C(=O)Nc1ccccc1C#N)[NH+]1CCNC(=O)C1. The van der Waals surface area contributed by atoms with Crippen LogP contribution in [-0.2, 0) is 9.59 Å². The van der Waals surface area contributed by atoms with Crippen molar-refractivity contribution in [2.24, 2.45) is 0 Å². The molecule has 2 rings (SSSR count). The zero-order chi connectivity index (χ0) is 14.5. The first-order valence-corrected chi connectivity index (χ1v) is 6.53. The first kappa shape index (κ1) is 14.0. The number of carbonyl (C=O) groups excluding carboxylic acids is 2. The van der Waals surface area contributed by atoms with Gasteiger partial charge in [0.1, 0.15) is 6.07 Å². The number of rotatable bonds is 3. The molecule has 0 saturated carbocycles. The van der Waals surface area contributed by atoms with Gasteiger partial charge in [0.2, 0.25) is 0 Å². The molecule has 20 heavy (non-hydrogen) atoms. The molecule has 6 nitrogen and oxygen atoms in total. The van der Waals surface area contributed by atoms with E-state index in [1.165, 1.54) is 0 Å². The van der Waals surface area contributed by atoms with Crippen LogP contribution in [0.3, 0.4) is 0 Å². The van der Waals surface area contributed by atoms with Crippen molar-refractivity contribution < 1.29 is 14.5 Å². The Kier molecular flexibility index (Phi) is 4.33. The predicted octanol–water partition coefficient (Wildman–Crippen LogP) is -1.10. The summed E-state index contributed by atoms with van der Waals surface area (Å²) in [4.78, 5) is 24.5. The third-order valence-corrected chi connectivity index (χ3v) is 3.47. The van der Waals surface area contributed by atoms with Gasteiger partial charge in [0.05, 0.1) is 24.3 Å². The van der Waals surface area contributed by atoms with E-state index < -0.39 is 0 Å². The van der Waals surface area contributed by atoms with Gasteiger partial charge in [0.25, 0.3) is 11.8 Å². The summed E-state index contributed by atoms with van der Waals surface area (Å²) in [5.74, 6) is -0.222. The summed E-state index contributed by atoms with van der Waals surface area (Å²) in [6.45, 7) is 3.40. The number of hydrogen-bond donors (Lipinski definition) is 3. The van der Waals surface area contributed by atoms with Gasteiger partial charge in [-0.2, -0.15) is 5.26 Å². The van der Waals surface area contributed by atoms with Crippen molar-refractivity contribution in [3.8, 4) is 6.07 Å². The molecule has 0 aliphatic carbocycles. The van der Waals surface area contributed by atoms with Gasteiger partial charge in [0.15, 0.2) is 12.6 Å². The fourth-order valence-electron chi connectivity index (χ4n) is 2.21. The highest BCUT2D eigenvalue weighted by Crippen LogP contribution is 2.13. The first-order chi connectivity index (χ1) is 9.61. The van der Waals surface area contributed by atoms with Crippen LogP contribution in [0, 0.1) is 11.3 Å². The molecule has 0 spiro atoms. The zero-order valence-electron chi connectivity index (χ0n) is 11.3. The van der Waals surface area contributed by atoms with E-state index >= 15 is 0 Å². The molecule has 1 aromatic carbocycles. The summed E-state index contributed by atoms with van der Waals surface area (Å²) in [5.41, 5.74) is 0.937. The van der Waals surface area contributed by atoms with Crippen LogP contribution in [0.25, 0.3) is 0 Å². The van der Waals surface area contributed by atoms with Crippen LogP contribution >= 0.6 is 0 Å². The third kappa shape index (κ3) is 3.13. The molecule has 1 fully saturated rings. The standard InChI is InChI=1S/C14H16N4O2/c1-10(18-7-6-16-13(19)9-18)14(20)17-12-5-3-2-4-11(12)8-15/h2-5,10H,6-7,9H2,1H3,(H,16,19)(H,17,20)/p+1/t10-/m1/s1. The van der Waals surface area contributed by atoms with E-state index in [0.717, 1.165) is 11.4 Å². The van der Waals surface area contributed by atoms with Gasteiger partial charge in [-0.1, -0.05) is 12.1 Å². The number of amides is 2. The number of carbonyl (C=O) groups is 2. The summed E-state index contributed by atoms with van der Waals surface area (Å²) < 4.78 is 0. The van der Waals surface area contributed by atoms with Crippen LogP contribution in [0.4, 0.5) is 5.69 Å². The van der Waals surface area contributed by atoms with Crippen molar-refractivity contribution in [2.45, 2.75) is 13.0 Å². The van der Waals surface area contributed by atoms with Gasteiger partial charge in [0, 0.05) is 0 Å².